The lowest BCUT2D eigenvalue weighted by atomic mass is 10.1. The number of benzene rings is 1. The number of nitrogens with zero attached hydrogens (tertiary/aromatic N) is 1. The number of anilines is 2. The Balaban J connectivity index is 2.84. The standard InChI is InChI=1S/C14H24N2O/c1-3-6-12-11-13(7-8-14(12)15)16(4-2)9-5-10-17/h7-8,11,17H,3-6,9-10,15H2,1-2H3. The van der Waals surface area contributed by atoms with Crippen molar-refractivity contribution in [1.29, 1.82) is 0 Å². The molecule has 0 unspecified atom stereocenters. The van der Waals surface area contributed by atoms with Crippen molar-refractivity contribution in [3.8, 4) is 0 Å². The maximum Gasteiger partial charge on any atom is 0.0447 e. The van der Waals surface area contributed by atoms with Gasteiger partial charge < -0.3 is 15.7 Å². The molecule has 1 aromatic rings. The number of nitrogen functional groups attached to an aromatic ring is 1. The zero-order valence-corrected chi connectivity index (χ0v) is 10.9. The van der Waals surface area contributed by atoms with E-state index in [1.54, 1.807) is 0 Å². The van der Waals surface area contributed by atoms with E-state index in [1.165, 1.54) is 11.3 Å². The van der Waals surface area contributed by atoms with E-state index in [9.17, 15) is 0 Å². The van der Waals surface area contributed by atoms with Crippen LogP contribution in [0.2, 0.25) is 0 Å². The third-order valence-corrected chi connectivity index (χ3v) is 2.98. The summed E-state index contributed by atoms with van der Waals surface area (Å²) in [5.41, 5.74) is 9.28. The Morgan fingerprint density at radius 1 is 1.29 bits per heavy atom. The van der Waals surface area contributed by atoms with E-state index in [2.05, 4.69) is 30.9 Å². The van der Waals surface area contributed by atoms with Crippen LogP contribution in [0.4, 0.5) is 11.4 Å². The van der Waals surface area contributed by atoms with Gasteiger partial charge in [-0.3, -0.25) is 0 Å². The molecule has 0 radical (unpaired) electrons. The average Bonchev–Trinajstić information content (AvgIpc) is 2.34. The molecule has 1 aromatic carbocycles. The summed E-state index contributed by atoms with van der Waals surface area (Å²) in [5, 5.41) is 8.89. The van der Waals surface area contributed by atoms with E-state index in [1.807, 2.05) is 6.07 Å². The Hall–Kier alpha value is -1.22. The molecule has 0 fully saturated rings. The molecule has 3 heteroatoms. The largest absolute Gasteiger partial charge is 0.399 e. The molecule has 0 spiro atoms. The monoisotopic (exact) mass is 236 g/mol. The Kier molecular flexibility index (Phi) is 5.84. The summed E-state index contributed by atoms with van der Waals surface area (Å²) in [7, 11) is 0. The first-order valence-electron chi connectivity index (χ1n) is 6.47. The lowest BCUT2D eigenvalue weighted by molar-refractivity contribution is 0.289. The molecule has 0 bridgehead atoms. The van der Waals surface area contributed by atoms with Crippen LogP contribution in [0.5, 0.6) is 0 Å². The second-order valence-electron chi connectivity index (χ2n) is 4.29. The lowest BCUT2D eigenvalue weighted by Gasteiger charge is -2.23. The van der Waals surface area contributed by atoms with Crippen molar-refractivity contribution >= 4 is 11.4 Å². The molecular weight excluding hydrogens is 212 g/mol. The highest BCUT2D eigenvalue weighted by atomic mass is 16.3. The lowest BCUT2D eigenvalue weighted by Crippen LogP contribution is -2.24. The predicted octanol–water partition coefficient (Wildman–Crippen LogP) is 2.43. The highest BCUT2D eigenvalue weighted by Gasteiger charge is 2.06. The van der Waals surface area contributed by atoms with Crippen molar-refractivity contribution in [1.82, 2.24) is 0 Å². The SMILES string of the molecule is CCCc1cc(N(CC)CCCO)ccc1N. The second-order valence-corrected chi connectivity index (χ2v) is 4.29. The number of rotatable bonds is 7. The average molecular weight is 236 g/mol. The van der Waals surface area contributed by atoms with E-state index in [-0.39, 0.29) is 6.61 Å². The quantitative estimate of drug-likeness (QED) is 0.715. The normalized spacial score (nSPS) is 10.5. The first kappa shape index (κ1) is 13.8. The van der Waals surface area contributed by atoms with Crippen LogP contribution in [0.3, 0.4) is 0 Å². The summed E-state index contributed by atoms with van der Waals surface area (Å²) in [4.78, 5) is 2.27. The zero-order chi connectivity index (χ0) is 12.7. The molecule has 0 atom stereocenters. The first-order chi connectivity index (χ1) is 8.22. The molecule has 0 aliphatic rings. The summed E-state index contributed by atoms with van der Waals surface area (Å²) in [6.07, 6.45) is 2.94. The van der Waals surface area contributed by atoms with Crippen LogP contribution in [0.25, 0.3) is 0 Å². The fourth-order valence-corrected chi connectivity index (χ4v) is 2.01. The van der Waals surface area contributed by atoms with Crippen LogP contribution < -0.4 is 10.6 Å². The second kappa shape index (κ2) is 7.17. The Labute approximate surface area is 104 Å². The van der Waals surface area contributed by atoms with Gasteiger partial charge in [0.2, 0.25) is 0 Å². The molecule has 0 amide bonds. The fraction of sp³-hybridized carbons (Fsp3) is 0.571. The molecule has 3 nitrogen and oxygen atoms in total. The van der Waals surface area contributed by atoms with Crippen LogP contribution >= 0.6 is 0 Å². The molecule has 0 saturated carbocycles. The van der Waals surface area contributed by atoms with Crippen molar-refractivity contribution in [3.63, 3.8) is 0 Å². The summed E-state index contributed by atoms with van der Waals surface area (Å²) in [5.74, 6) is 0. The molecule has 96 valence electrons. The van der Waals surface area contributed by atoms with E-state index >= 15 is 0 Å². The summed E-state index contributed by atoms with van der Waals surface area (Å²) in [6, 6.07) is 6.23. The minimum Gasteiger partial charge on any atom is -0.399 e. The van der Waals surface area contributed by atoms with Gasteiger partial charge in [0.1, 0.15) is 0 Å². The molecule has 0 aliphatic heterocycles. The molecule has 3 N–H and O–H groups in total. The van der Waals surface area contributed by atoms with Crippen LogP contribution in [0, 0.1) is 0 Å². The summed E-state index contributed by atoms with van der Waals surface area (Å²) in [6.45, 7) is 6.38. The summed E-state index contributed by atoms with van der Waals surface area (Å²) >= 11 is 0. The molecular formula is C14H24N2O. The van der Waals surface area contributed by atoms with Gasteiger partial charge in [-0.05, 0) is 43.5 Å². The number of aryl methyl sites for hydroxylation is 1. The smallest absolute Gasteiger partial charge is 0.0447 e. The van der Waals surface area contributed by atoms with Gasteiger partial charge in [-0.25, -0.2) is 0 Å². The van der Waals surface area contributed by atoms with Gasteiger partial charge in [0.25, 0.3) is 0 Å². The maximum atomic E-state index is 8.89. The molecule has 0 saturated heterocycles. The molecule has 17 heavy (non-hydrogen) atoms. The van der Waals surface area contributed by atoms with Gasteiger partial charge in [-0.2, -0.15) is 0 Å². The van der Waals surface area contributed by atoms with Crippen LogP contribution in [0.1, 0.15) is 32.3 Å². The number of hydrogen-bond acceptors (Lipinski definition) is 3. The minimum absolute atomic E-state index is 0.243. The van der Waals surface area contributed by atoms with Crippen molar-refractivity contribution in [2.45, 2.75) is 33.1 Å². The van der Waals surface area contributed by atoms with Gasteiger partial charge >= 0.3 is 0 Å². The van der Waals surface area contributed by atoms with Gasteiger partial charge in [-0.15, -0.1) is 0 Å². The number of hydrogen-bond donors (Lipinski definition) is 2. The van der Waals surface area contributed by atoms with Gasteiger partial charge in [0.15, 0.2) is 0 Å². The number of nitrogens with two attached hydrogens (primary N) is 1. The molecule has 0 aliphatic carbocycles. The van der Waals surface area contributed by atoms with E-state index in [0.717, 1.165) is 38.0 Å². The van der Waals surface area contributed by atoms with Crippen molar-refractivity contribution in [3.05, 3.63) is 23.8 Å². The topological polar surface area (TPSA) is 49.5 Å². The zero-order valence-electron chi connectivity index (χ0n) is 10.9. The van der Waals surface area contributed by atoms with Crippen LogP contribution in [0.15, 0.2) is 18.2 Å². The van der Waals surface area contributed by atoms with Gasteiger partial charge in [-0.1, -0.05) is 13.3 Å². The van der Waals surface area contributed by atoms with E-state index in [4.69, 9.17) is 10.8 Å². The maximum absolute atomic E-state index is 8.89. The molecule has 1 rings (SSSR count). The number of aliphatic hydroxyl groups is 1. The van der Waals surface area contributed by atoms with Crippen LogP contribution in [-0.2, 0) is 6.42 Å². The minimum atomic E-state index is 0.243. The predicted molar refractivity (Wildman–Crippen MR) is 74.4 cm³/mol. The molecule has 0 heterocycles. The first-order valence-corrected chi connectivity index (χ1v) is 6.47. The third-order valence-electron chi connectivity index (χ3n) is 2.98. The Morgan fingerprint density at radius 3 is 2.65 bits per heavy atom. The highest BCUT2D eigenvalue weighted by Crippen LogP contribution is 2.22. The van der Waals surface area contributed by atoms with Gasteiger partial charge in [0, 0.05) is 31.1 Å². The highest BCUT2D eigenvalue weighted by molar-refractivity contribution is 5.58. The van der Waals surface area contributed by atoms with E-state index < -0.39 is 0 Å². The van der Waals surface area contributed by atoms with Crippen molar-refractivity contribution in [2.75, 3.05) is 30.3 Å². The number of aliphatic hydroxyl groups excluding tert-OH is 1. The molecule has 0 aromatic heterocycles. The van der Waals surface area contributed by atoms with Gasteiger partial charge in [0.05, 0.1) is 0 Å². The Bertz CT molecular complexity index is 339. The fourth-order valence-electron chi connectivity index (χ4n) is 2.01. The van der Waals surface area contributed by atoms with E-state index in [0.29, 0.717) is 0 Å². The van der Waals surface area contributed by atoms with Crippen molar-refractivity contribution < 1.29 is 5.11 Å². The Morgan fingerprint density at radius 2 is 2.06 bits per heavy atom. The van der Waals surface area contributed by atoms with Crippen molar-refractivity contribution in [2.24, 2.45) is 0 Å². The third kappa shape index (κ3) is 3.93. The summed E-state index contributed by atoms with van der Waals surface area (Å²) < 4.78 is 0. The van der Waals surface area contributed by atoms with Crippen LogP contribution in [-0.4, -0.2) is 24.8 Å².